The Morgan fingerprint density at radius 2 is 1.88 bits per heavy atom. The molecule has 1 radical (unpaired) electrons. The molecule has 2 rings (SSSR count). The average Bonchev–Trinajstić information content (AvgIpc) is 2.31. The van der Waals surface area contributed by atoms with Crippen molar-refractivity contribution in [2.45, 2.75) is 0 Å². The molecule has 79 valence electrons. The lowest BCUT2D eigenvalue weighted by molar-refractivity contribution is 1.42. The number of hydrogen-bond donors (Lipinski definition) is 3. The number of nitrogens with two attached hydrogens (primary N) is 1. The van der Waals surface area contributed by atoms with E-state index in [1.807, 2.05) is 48.5 Å². The van der Waals surface area contributed by atoms with E-state index in [0.29, 0.717) is 0 Å². The second-order valence-electron chi connectivity index (χ2n) is 3.39. The summed E-state index contributed by atoms with van der Waals surface area (Å²) in [6.45, 7) is 0. The van der Waals surface area contributed by atoms with Crippen LogP contribution in [0.3, 0.4) is 0 Å². The lowest BCUT2D eigenvalue weighted by Gasteiger charge is -2.06. The first-order valence-corrected chi connectivity index (χ1v) is 4.94. The van der Waals surface area contributed by atoms with Gasteiger partial charge in [-0.25, -0.2) is 0 Å². The molecule has 0 aliphatic carbocycles. The molecule has 4 N–H and O–H groups in total. The van der Waals surface area contributed by atoms with Crippen LogP contribution in [0.15, 0.2) is 48.5 Å². The van der Waals surface area contributed by atoms with Crippen LogP contribution in [0, 0.1) is 11.5 Å². The third kappa shape index (κ3) is 2.39. The molecule has 0 spiro atoms. The Bertz CT molecular complexity index is 474. The van der Waals surface area contributed by atoms with Crippen LogP contribution in [0.2, 0.25) is 0 Å². The molecule has 0 aliphatic rings. The van der Waals surface area contributed by atoms with Gasteiger partial charge in [0.2, 0.25) is 0 Å². The first kappa shape index (κ1) is 10.2. The van der Waals surface area contributed by atoms with Crippen molar-refractivity contribution in [2.24, 2.45) is 5.73 Å². The lowest BCUT2D eigenvalue weighted by Crippen LogP contribution is -2.10. The number of rotatable bonds is 3. The van der Waals surface area contributed by atoms with Crippen LogP contribution >= 0.6 is 0 Å². The van der Waals surface area contributed by atoms with Crippen LogP contribution in [0.4, 0.5) is 11.4 Å². The SMILES string of the molecule is N=C(N)c1ccc(Nc2[c]cccc2)cc1. The summed E-state index contributed by atoms with van der Waals surface area (Å²) in [6, 6.07) is 18.1. The summed E-state index contributed by atoms with van der Waals surface area (Å²) < 4.78 is 0. The highest BCUT2D eigenvalue weighted by Gasteiger charge is 1.97. The number of anilines is 2. The van der Waals surface area contributed by atoms with Crippen LogP contribution in [0.5, 0.6) is 0 Å². The number of nitrogens with one attached hydrogen (secondary N) is 2. The molecule has 0 aromatic heterocycles. The molecule has 0 saturated carbocycles. The van der Waals surface area contributed by atoms with Gasteiger partial charge in [-0.05, 0) is 30.3 Å². The fraction of sp³-hybridized carbons (Fsp3) is 0. The summed E-state index contributed by atoms with van der Waals surface area (Å²) in [6.07, 6.45) is 0. The number of hydrogen-bond acceptors (Lipinski definition) is 2. The maximum atomic E-state index is 7.28. The Labute approximate surface area is 94.4 Å². The second-order valence-corrected chi connectivity index (χ2v) is 3.39. The van der Waals surface area contributed by atoms with E-state index in [9.17, 15) is 0 Å². The highest BCUT2D eigenvalue weighted by atomic mass is 14.9. The quantitative estimate of drug-likeness (QED) is 0.538. The van der Waals surface area contributed by atoms with Crippen molar-refractivity contribution in [1.29, 1.82) is 5.41 Å². The van der Waals surface area contributed by atoms with Crippen molar-refractivity contribution in [3.8, 4) is 0 Å². The predicted molar refractivity (Wildman–Crippen MR) is 66.0 cm³/mol. The first-order chi connectivity index (χ1) is 7.75. The Morgan fingerprint density at radius 1 is 1.12 bits per heavy atom. The van der Waals surface area contributed by atoms with Gasteiger partial charge in [0.1, 0.15) is 5.84 Å². The number of nitrogen functional groups attached to an aromatic ring is 1. The normalized spacial score (nSPS) is 9.75. The number of para-hydroxylation sites is 1. The highest BCUT2D eigenvalue weighted by molar-refractivity contribution is 5.95. The van der Waals surface area contributed by atoms with Crippen molar-refractivity contribution in [3.63, 3.8) is 0 Å². The molecule has 3 nitrogen and oxygen atoms in total. The first-order valence-electron chi connectivity index (χ1n) is 4.94. The zero-order valence-electron chi connectivity index (χ0n) is 8.70. The summed E-state index contributed by atoms with van der Waals surface area (Å²) in [5, 5.41) is 10.5. The lowest BCUT2D eigenvalue weighted by atomic mass is 10.2. The summed E-state index contributed by atoms with van der Waals surface area (Å²) in [5.74, 6) is 0.0813. The van der Waals surface area contributed by atoms with Gasteiger partial charge in [-0.2, -0.15) is 0 Å². The van der Waals surface area contributed by atoms with Crippen LogP contribution in [0.1, 0.15) is 5.56 Å². The summed E-state index contributed by atoms with van der Waals surface area (Å²) in [5.41, 5.74) is 7.96. The van der Waals surface area contributed by atoms with Crippen LogP contribution < -0.4 is 11.1 Å². The van der Waals surface area contributed by atoms with E-state index in [2.05, 4.69) is 11.4 Å². The van der Waals surface area contributed by atoms with Gasteiger partial charge in [-0.1, -0.05) is 18.2 Å². The molecule has 0 heterocycles. The maximum absolute atomic E-state index is 7.28. The van der Waals surface area contributed by atoms with Crippen LogP contribution in [0.25, 0.3) is 0 Å². The molecule has 0 aliphatic heterocycles. The summed E-state index contributed by atoms with van der Waals surface area (Å²) in [7, 11) is 0. The van der Waals surface area contributed by atoms with E-state index in [0.717, 1.165) is 16.9 Å². The van der Waals surface area contributed by atoms with E-state index in [1.165, 1.54) is 0 Å². The molecule has 2 aromatic rings. The van der Waals surface area contributed by atoms with Gasteiger partial charge in [-0.15, -0.1) is 0 Å². The fourth-order valence-corrected chi connectivity index (χ4v) is 1.36. The molecule has 0 fully saturated rings. The topological polar surface area (TPSA) is 61.9 Å². The minimum atomic E-state index is 0.0813. The van der Waals surface area contributed by atoms with Crippen LogP contribution in [-0.2, 0) is 0 Å². The van der Waals surface area contributed by atoms with Gasteiger partial charge in [0, 0.05) is 23.0 Å². The Kier molecular flexibility index (Phi) is 2.87. The second kappa shape index (κ2) is 4.49. The van der Waals surface area contributed by atoms with Gasteiger partial charge in [0.25, 0.3) is 0 Å². The van der Waals surface area contributed by atoms with E-state index in [-0.39, 0.29) is 5.84 Å². The smallest absolute Gasteiger partial charge is 0.122 e. The van der Waals surface area contributed by atoms with Gasteiger partial charge in [0.05, 0.1) is 0 Å². The molecule has 0 saturated heterocycles. The van der Waals surface area contributed by atoms with Crippen molar-refractivity contribution in [3.05, 3.63) is 60.2 Å². The minimum Gasteiger partial charge on any atom is -0.384 e. The van der Waals surface area contributed by atoms with Crippen molar-refractivity contribution >= 4 is 17.2 Å². The van der Waals surface area contributed by atoms with Crippen LogP contribution in [-0.4, -0.2) is 5.84 Å². The Balaban J connectivity index is 2.14. The van der Waals surface area contributed by atoms with Crippen molar-refractivity contribution < 1.29 is 0 Å². The monoisotopic (exact) mass is 210 g/mol. The zero-order chi connectivity index (χ0) is 11.4. The minimum absolute atomic E-state index is 0.0813. The zero-order valence-corrected chi connectivity index (χ0v) is 8.70. The Morgan fingerprint density at radius 3 is 2.44 bits per heavy atom. The average molecular weight is 210 g/mol. The van der Waals surface area contributed by atoms with E-state index < -0.39 is 0 Å². The molecule has 0 atom stereocenters. The standard InChI is InChI=1S/C13H12N3/c14-13(15)10-6-8-12(9-7-10)16-11-4-2-1-3-5-11/h1-4,6-9,16H,(H3,14,15). The third-order valence-corrected chi connectivity index (χ3v) is 2.18. The maximum Gasteiger partial charge on any atom is 0.122 e. The molecule has 0 unspecified atom stereocenters. The van der Waals surface area contributed by atoms with Gasteiger partial charge in [0.15, 0.2) is 0 Å². The molecular weight excluding hydrogens is 198 g/mol. The Hall–Kier alpha value is -2.29. The summed E-state index contributed by atoms with van der Waals surface area (Å²) >= 11 is 0. The summed E-state index contributed by atoms with van der Waals surface area (Å²) in [4.78, 5) is 0. The van der Waals surface area contributed by atoms with Gasteiger partial charge >= 0.3 is 0 Å². The number of amidine groups is 1. The fourth-order valence-electron chi connectivity index (χ4n) is 1.36. The van der Waals surface area contributed by atoms with Crippen molar-refractivity contribution in [1.82, 2.24) is 0 Å². The van der Waals surface area contributed by atoms with Gasteiger partial charge < -0.3 is 11.1 Å². The molecular formula is C13H12N3. The highest BCUT2D eigenvalue weighted by Crippen LogP contribution is 2.15. The number of benzene rings is 2. The molecule has 2 aromatic carbocycles. The third-order valence-electron chi connectivity index (χ3n) is 2.18. The molecule has 3 heteroatoms. The molecule has 0 amide bonds. The predicted octanol–water partition coefficient (Wildman–Crippen LogP) is 2.51. The largest absolute Gasteiger partial charge is 0.384 e. The van der Waals surface area contributed by atoms with E-state index in [4.69, 9.17) is 11.1 Å². The molecule has 0 bridgehead atoms. The van der Waals surface area contributed by atoms with E-state index >= 15 is 0 Å². The van der Waals surface area contributed by atoms with Gasteiger partial charge in [-0.3, -0.25) is 5.41 Å². The van der Waals surface area contributed by atoms with E-state index in [1.54, 1.807) is 0 Å². The van der Waals surface area contributed by atoms with Crippen molar-refractivity contribution in [2.75, 3.05) is 5.32 Å². The molecule has 16 heavy (non-hydrogen) atoms.